The molecule has 0 aliphatic carbocycles. The van der Waals surface area contributed by atoms with E-state index in [1.165, 1.54) is 16.7 Å². The van der Waals surface area contributed by atoms with Gasteiger partial charge in [0.25, 0.3) is 0 Å². The molecule has 1 aromatic rings. The number of nitrogens with one attached hydrogen (secondary N) is 1. The molecule has 1 N–H and O–H groups in total. The molecule has 1 aromatic heterocycles. The Balaban J connectivity index is 2.11. The average Bonchev–Trinajstić information content (AvgIpc) is 2.46. The van der Waals surface area contributed by atoms with Gasteiger partial charge in [-0.1, -0.05) is 0 Å². The summed E-state index contributed by atoms with van der Waals surface area (Å²) in [7, 11) is -1.81. The molecule has 8 heteroatoms. The first-order valence-electron chi connectivity index (χ1n) is 7.00. The van der Waals surface area contributed by atoms with Crippen LogP contribution in [0.5, 0.6) is 0 Å². The van der Waals surface area contributed by atoms with Crippen molar-refractivity contribution in [3.63, 3.8) is 0 Å². The highest BCUT2D eigenvalue weighted by molar-refractivity contribution is 7.89. The maximum absolute atomic E-state index is 12.6. The first-order valence-corrected chi connectivity index (χ1v) is 8.44. The molecule has 118 valence electrons. The van der Waals surface area contributed by atoms with E-state index < -0.39 is 10.0 Å². The summed E-state index contributed by atoms with van der Waals surface area (Å²) in [6.07, 6.45) is 2.70. The highest BCUT2D eigenvalue weighted by atomic mass is 32.2. The average molecular weight is 313 g/mol. The molecule has 1 aliphatic heterocycles. The Labute approximate surface area is 126 Å². The molecule has 2 heterocycles. The van der Waals surface area contributed by atoms with Gasteiger partial charge in [-0.3, -0.25) is 4.90 Å². The third-order valence-electron chi connectivity index (χ3n) is 3.68. The molecule has 7 nitrogen and oxygen atoms in total. The Morgan fingerprint density at radius 2 is 1.62 bits per heavy atom. The summed E-state index contributed by atoms with van der Waals surface area (Å²) in [6.45, 7) is 8.88. The van der Waals surface area contributed by atoms with Crippen LogP contribution in [0.15, 0.2) is 17.3 Å². The fourth-order valence-corrected chi connectivity index (χ4v) is 3.64. The SMILES string of the molecule is CNc1ncc(S(=O)(=O)N2CCN(C(C)(C)C)CC2)cn1. The zero-order valence-corrected chi connectivity index (χ0v) is 13.8. The van der Waals surface area contributed by atoms with Gasteiger partial charge in [-0.15, -0.1) is 0 Å². The number of rotatable bonds is 3. The number of aromatic nitrogens is 2. The lowest BCUT2D eigenvalue weighted by molar-refractivity contribution is 0.0921. The van der Waals surface area contributed by atoms with Crippen molar-refractivity contribution in [3.05, 3.63) is 12.4 Å². The topological polar surface area (TPSA) is 78.4 Å². The monoisotopic (exact) mass is 313 g/mol. The van der Waals surface area contributed by atoms with Crippen LogP contribution in [0.1, 0.15) is 20.8 Å². The van der Waals surface area contributed by atoms with E-state index >= 15 is 0 Å². The first kappa shape index (κ1) is 16.1. The van der Waals surface area contributed by atoms with Crippen LogP contribution >= 0.6 is 0 Å². The molecule has 0 aromatic carbocycles. The zero-order chi connectivity index (χ0) is 15.7. The normalized spacial score (nSPS) is 18.7. The van der Waals surface area contributed by atoms with E-state index in [2.05, 4.69) is 41.0 Å². The van der Waals surface area contributed by atoms with Crippen molar-refractivity contribution in [1.29, 1.82) is 0 Å². The lowest BCUT2D eigenvalue weighted by atomic mass is 10.1. The lowest BCUT2D eigenvalue weighted by Gasteiger charge is -2.41. The van der Waals surface area contributed by atoms with Gasteiger partial charge in [0.2, 0.25) is 16.0 Å². The van der Waals surface area contributed by atoms with Gasteiger partial charge in [-0.05, 0) is 20.8 Å². The van der Waals surface area contributed by atoms with Gasteiger partial charge in [-0.25, -0.2) is 18.4 Å². The number of piperazine rings is 1. The Morgan fingerprint density at radius 1 is 1.10 bits per heavy atom. The highest BCUT2D eigenvalue weighted by Gasteiger charge is 2.32. The molecule has 2 rings (SSSR count). The van der Waals surface area contributed by atoms with E-state index in [9.17, 15) is 8.42 Å². The van der Waals surface area contributed by atoms with Crippen LogP contribution in [0.25, 0.3) is 0 Å². The number of hydrogen-bond donors (Lipinski definition) is 1. The molecule has 1 aliphatic rings. The van der Waals surface area contributed by atoms with E-state index in [1.807, 2.05) is 0 Å². The van der Waals surface area contributed by atoms with Gasteiger partial charge in [0, 0.05) is 38.8 Å². The molecule has 0 amide bonds. The summed E-state index contributed by atoms with van der Waals surface area (Å²) in [5.41, 5.74) is 0.0629. The van der Waals surface area contributed by atoms with Gasteiger partial charge in [0.15, 0.2) is 0 Å². The molecule has 0 atom stereocenters. The molecule has 0 spiro atoms. The Kier molecular flexibility index (Phi) is 4.50. The van der Waals surface area contributed by atoms with Crippen molar-refractivity contribution in [2.45, 2.75) is 31.2 Å². The van der Waals surface area contributed by atoms with Gasteiger partial charge in [-0.2, -0.15) is 4.31 Å². The third-order valence-corrected chi connectivity index (χ3v) is 5.53. The highest BCUT2D eigenvalue weighted by Crippen LogP contribution is 2.20. The molecular weight excluding hydrogens is 290 g/mol. The van der Waals surface area contributed by atoms with Crippen LogP contribution in [0.4, 0.5) is 5.95 Å². The number of anilines is 1. The minimum Gasteiger partial charge on any atom is -0.357 e. The molecular formula is C13H23N5O2S. The van der Waals surface area contributed by atoms with Crippen LogP contribution in [-0.4, -0.2) is 66.4 Å². The third kappa shape index (κ3) is 3.50. The molecule has 0 unspecified atom stereocenters. The predicted molar refractivity (Wildman–Crippen MR) is 81.7 cm³/mol. The van der Waals surface area contributed by atoms with E-state index in [0.717, 1.165) is 13.1 Å². The Morgan fingerprint density at radius 3 is 2.05 bits per heavy atom. The van der Waals surface area contributed by atoms with Crippen LogP contribution in [-0.2, 0) is 10.0 Å². The van der Waals surface area contributed by atoms with Gasteiger partial charge >= 0.3 is 0 Å². The second kappa shape index (κ2) is 5.86. The first-order chi connectivity index (χ1) is 9.75. The van der Waals surface area contributed by atoms with Crippen molar-refractivity contribution in [2.24, 2.45) is 0 Å². The van der Waals surface area contributed by atoms with Crippen LogP contribution in [0.3, 0.4) is 0 Å². The summed E-state index contributed by atoms with van der Waals surface area (Å²) < 4.78 is 26.6. The second-order valence-corrected chi connectivity index (χ2v) is 7.99. The summed E-state index contributed by atoms with van der Waals surface area (Å²) in [6, 6.07) is 0. The van der Waals surface area contributed by atoms with E-state index in [4.69, 9.17) is 0 Å². The van der Waals surface area contributed by atoms with Crippen molar-refractivity contribution in [3.8, 4) is 0 Å². The molecule has 1 fully saturated rings. The smallest absolute Gasteiger partial charge is 0.246 e. The van der Waals surface area contributed by atoms with E-state index in [-0.39, 0.29) is 10.4 Å². The summed E-state index contributed by atoms with van der Waals surface area (Å²) in [5, 5.41) is 2.77. The summed E-state index contributed by atoms with van der Waals surface area (Å²) in [4.78, 5) is 10.4. The van der Waals surface area contributed by atoms with Crippen LogP contribution in [0, 0.1) is 0 Å². The Hall–Kier alpha value is -1.25. The zero-order valence-electron chi connectivity index (χ0n) is 13.0. The number of sulfonamides is 1. The molecule has 1 saturated heterocycles. The van der Waals surface area contributed by atoms with Gasteiger partial charge in [0.1, 0.15) is 4.90 Å². The van der Waals surface area contributed by atoms with Crippen molar-refractivity contribution >= 4 is 16.0 Å². The minimum absolute atomic E-state index is 0.0629. The maximum Gasteiger partial charge on any atom is 0.246 e. The predicted octanol–water partition coefficient (Wildman–Crippen LogP) is 0.623. The van der Waals surface area contributed by atoms with Crippen LogP contribution < -0.4 is 5.32 Å². The fraction of sp³-hybridized carbons (Fsp3) is 0.692. The van der Waals surface area contributed by atoms with Crippen molar-refractivity contribution in [1.82, 2.24) is 19.2 Å². The second-order valence-electron chi connectivity index (χ2n) is 6.05. The van der Waals surface area contributed by atoms with Gasteiger partial charge < -0.3 is 5.32 Å². The standard InChI is InChI=1S/C13H23N5O2S/c1-13(2,3)17-5-7-18(8-6-17)21(19,20)11-9-15-12(14-4)16-10-11/h9-10H,5-8H2,1-4H3,(H,14,15,16). The Bertz CT molecular complexity index is 572. The minimum atomic E-state index is -3.50. The quantitative estimate of drug-likeness (QED) is 0.881. The van der Waals surface area contributed by atoms with E-state index in [0.29, 0.717) is 19.0 Å². The summed E-state index contributed by atoms with van der Waals surface area (Å²) in [5.74, 6) is 0.409. The van der Waals surface area contributed by atoms with E-state index in [1.54, 1.807) is 7.05 Å². The van der Waals surface area contributed by atoms with Crippen molar-refractivity contribution < 1.29 is 8.42 Å². The fourth-order valence-electron chi connectivity index (χ4n) is 2.33. The molecule has 21 heavy (non-hydrogen) atoms. The molecule has 0 saturated carbocycles. The van der Waals surface area contributed by atoms with Crippen LogP contribution in [0.2, 0.25) is 0 Å². The molecule has 0 bridgehead atoms. The van der Waals surface area contributed by atoms with Gasteiger partial charge in [0.05, 0.1) is 12.4 Å². The van der Waals surface area contributed by atoms with Crippen molar-refractivity contribution in [2.75, 3.05) is 38.5 Å². The largest absolute Gasteiger partial charge is 0.357 e. The maximum atomic E-state index is 12.6. The molecule has 0 radical (unpaired) electrons. The number of hydrogen-bond acceptors (Lipinski definition) is 6. The number of nitrogens with zero attached hydrogens (tertiary/aromatic N) is 4. The summed E-state index contributed by atoms with van der Waals surface area (Å²) >= 11 is 0. The lowest BCUT2D eigenvalue weighted by Crippen LogP contribution is -2.54.